The van der Waals surface area contributed by atoms with Gasteiger partial charge in [-0.3, -0.25) is 0 Å². The smallest absolute Gasteiger partial charge is 1.00 e. The van der Waals surface area contributed by atoms with Gasteiger partial charge in [0.25, 0.3) is 0 Å². The molecular formula is C7H7F2NaO3S. The molecule has 14 heavy (non-hydrogen) atoms. The Bertz CT molecular complexity index is 327. The first kappa shape index (κ1) is 14.0. The fraction of sp³-hybridized carbons (Fsp3) is 0.143. The van der Waals surface area contributed by atoms with Crippen molar-refractivity contribution in [2.24, 2.45) is 0 Å². The minimum absolute atomic E-state index is 0. The summed E-state index contributed by atoms with van der Waals surface area (Å²) in [5, 5.41) is 0. The van der Waals surface area contributed by atoms with Crippen LogP contribution in [0.2, 0.25) is 0 Å². The maximum Gasteiger partial charge on any atom is 1.00 e. The van der Waals surface area contributed by atoms with Gasteiger partial charge >= 0.3 is 36.2 Å². The van der Waals surface area contributed by atoms with Crippen molar-refractivity contribution in [2.75, 3.05) is 0 Å². The van der Waals surface area contributed by atoms with Gasteiger partial charge in [0.2, 0.25) is 0 Å². The van der Waals surface area contributed by atoms with E-state index in [4.69, 9.17) is 4.55 Å². The molecule has 0 radical (unpaired) electrons. The molecule has 0 saturated carbocycles. The molecule has 1 atom stereocenters. The van der Waals surface area contributed by atoms with Crippen LogP contribution in [-0.4, -0.2) is 15.4 Å². The maximum absolute atomic E-state index is 11.7. The molecule has 1 rings (SSSR count). The topological polar surface area (TPSA) is 46.5 Å². The quantitative estimate of drug-likeness (QED) is 0.536. The molecule has 1 unspecified atom stereocenters. The predicted octanol–water partition coefficient (Wildman–Crippen LogP) is -1.01. The summed E-state index contributed by atoms with van der Waals surface area (Å²) in [6.45, 7) is -2.93. The van der Waals surface area contributed by atoms with E-state index >= 15 is 0 Å². The van der Waals surface area contributed by atoms with Gasteiger partial charge in [-0.25, -0.2) is 4.21 Å². The zero-order chi connectivity index (χ0) is 9.84. The monoisotopic (exact) mass is 232 g/mol. The Labute approximate surface area is 106 Å². The zero-order valence-corrected chi connectivity index (χ0v) is 10.1. The Morgan fingerprint density at radius 2 is 2.14 bits per heavy atom. The fourth-order valence-electron chi connectivity index (χ4n) is 0.759. The van der Waals surface area contributed by atoms with Crippen LogP contribution in [0.4, 0.5) is 8.78 Å². The van der Waals surface area contributed by atoms with Crippen molar-refractivity contribution in [3.05, 3.63) is 24.3 Å². The molecule has 0 aromatic heterocycles. The largest absolute Gasteiger partial charge is 1.00 e. The first-order chi connectivity index (χ1) is 6.09. The molecule has 0 aliphatic carbocycles. The number of ether oxygens (including phenoxy) is 1. The Morgan fingerprint density at radius 3 is 2.64 bits per heavy atom. The summed E-state index contributed by atoms with van der Waals surface area (Å²) in [7, 11) is 0. The maximum atomic E-state index is 11.7. The molecule has 0 bridgehead atoms. The molecule has 1 N–H and O–H groups in total. The van der Waals surface area contributed by atoms with Crippen molar-refractivity contribution in [1.29, 1.82) is 0 Å². The van der Waals surface area contributed by atoms with Crippen LogP contribution in [0, 0.1) is 0 Å². The first-order valence-corrected chi connectivity index (χ1v) is 4.36. The molecule has 0 aliphatic rings. The molecule has 0 amide bonds. The third kappa shape index (κ3) is 4.47. The van der Waals surface area contributed by atoms with Gasteiger partial charge in [-0.1, -0.05) is 6.07 Å². The molecule has 1 aromatic carbocycles. The summed E-state index contributed by atoms with van der Waals surface area (Å²) in [5.41, 5.74) is 0. The zero-order valence-electron chi connectivity index (χ0n) is 8.31. The summed E-state index contributed by atoms with van der Waals surface area (Å²) in [5.74, 6) is -0.130. The normalized spacial score (nSPS) is 12.0. The molecule has 1 aromatic rings. The van der Waals surface area contributed by atoms with Crippen molar-refractivity contribution in [2.45, 2.75) is 11.5 Å². The number of benzene rings is 1. The molecule has 0 saturated heterocycles. The second-order valence-electron chi connectivity index (χ2n) is 2.10. The second kappa shape index (κ2) is 6.47. The Morgan fingerprint density at radius 1 is 1.50 bits per heavy atom. The molecule has 3 nitrogen and oxygen atoms in total. The molecule has 0 heterocycles. The van der Waals surface area contributed by atoms with Gasteiger partial charge in [-0.15, -0.1) is 0 Å². The first-order valence-electron chi connectivity index (χ1n) is 3.25. The van der Waals surface area contributed by atoms with Crippen molar-refractivity contribution in [3.63, 3.8) is 0 Å². The molecule has 7 heteroatoms. The molecule has 0 spiro atoms. The van der Waals surface area contributed by atoms with Gasteiger partial charge in [0.15, 0.2) is 11.1 Å². The minimum Gasteiger partial charge on any atom is -1.00 e. The predicted molar refractivity (Wildman–Crippen MR) is 43.2 cm³/mol. The Hall–Kier alpha value is -0.0100. The van der Waals surface area contributed by atoms with Crippen LogP contribution in [0.3, 0.4) is 0 Å². The van der Waals surface area contributed by atoms with Crippen molar-refractivity contribution >= 4 is 11.1 Å². The van der Waals surface area contributed by atoms with Crippen molar-refractivity contribution in [3.8, 4) is 5.75 Å². The van der Waals surface area contributed by atoms with Crippen LogP contribution < -0.4 is 34.3 Å². The SMILES string of the molecule is O=S(O)c1cccc(OC(F)F)c1.[H-].[Na+]. The van der Waals surface area contributed by atoms with E-state index in [9.17, 15) is 13.0 Å². The number of hydrogen-bond donors (Lipinski definition) is 1. The van der Waals surface area contributed by atoms with E-state index in [0.29, 0.717) is 0 Å². The summed E-state index contributed by atoms with van der Waals surface area (Å²) in [6, 6.07) is 5.07. The van der Waals surface area contributed by atoms with Crippen molar-refractivity contribution in [1.82, 2.24) is 0 Å². The van der Waals surface area contributed by atoms with Crippen LogP contribution in [0.15, 0.2) is 29.2 Å². The number of alkyl halides is 2. The molecule has 0 fully saturated rings. The third-order valence-electron chi connectivity index (χ3n) is 1.23. The van der Waals surface area contributed by atoms with Gasteiger partial charge in [0.05, 0.1) is 4.90 Å². The van der Waals surface area contributed by atoms with E-state index in [-0.39, 0.29) is 41.6 Å². The molecule has 0 aliphatic heterocycles. The summed E-state index contributed by atoms with van der Waals surface area (Å²) >= 11 is -2.18. The molecular weight excluding hydrogens is 225 g/mol. The van der Waals surface area contributed by atoms with Crippen molar-refractivity contribution < 1.29 is 53.3 Å². The average Bonchev–Trinajstić information content (AvgIpc) is 2.03. The summed E-state index contributed by atoms with van der Waals surface area (Å²) in [6.07, 6.45) is 0. The van der Waals surface area contributed by atoms with E-state index < -0.39 is 17.7 Å². The van der Waals surface area contributed by atoms with Crippen LogP contribution >= 0.6 is 0 Å². The molecule has 74 valence electrons. The van der Waals surface area contributed by atoms with Crippen LogP contribution in [0.1, 0.15) is 1.43 Å². The van der Waals surface area contributed by atoms with Crippen LogP contribution in [-0.2, 0) is 11.1 Å². The van der Waals surface area contributed by atoms with Crippen LogP contribution in [0.25, 0.3) is 0 Å². The van der Waals surface area contributed by atoms with Gasteiger partial charge < -0.3 is 10.7 Å². The average molecular weight is 232 g/mol. The van der Waals surface area contributed by atoms with E-state index in [1.54, 1.807) is 0 Å². The summed E-state index contributed by atoms with van der Waals surface area (Å²) < 4.78 is 46.5. The van der Waals surface area contributed by atoms with Gasteiger partial charge in [-0.05, 0) is 18.2 Å². The van der Waals surface area contributed by atoms with Gasteiger partial charge in [0, 0.05) is 0 Å². The standard InChI is InChI=1S/C7H6F2O3S.Na.H/c8-7(9)12-5-2-1-3-6(4-5)13(10)11;;/h1-4,7H,(H,10,11);;/q;+1;-1. The van der Waals surface area contributed by atoms with E-state index in [1.165, 1.54) is 18.2 Å². The number of hydrogen-bond acceptors (Lipinski definition) is 2. The van der Waals surface area contributed by atoms with Gasteiger partial charge in [0.1, 0.15) is 5.75 Å². The van der Waals surface area contributed by atoms with E-state index in [1.807, 2.05) is 0 Å². The second-order valence-corrected chi connectivity index (χ2v) is 3.07. The third-order valence-corrected chi connectivity index (χ3v) is 1.89. The minimum atomic E-state index is -2.93. The van der Waals surface area contributed by atoms with Gasteiger partial charge in [-0.2, -0.15) is 8.78 Å². The fourth-order valence-corrected chi connectivity index (χ4v) is 1.17. The number of rotatable bonds is 3. The Balaban J connectivity index is 0. The number of halogens is 2. The summed E-state index contributed by atoms with van der Waals surface area (Å²) in [4.78, 5) is 0.0261. The Kier molecular flexibility index (Phi) is 6.46. The van der Waals surface area contributed by atoms with E-state index in [2.05, 4.69) is 4.74 Å². The van der Waals surface area contributed by atoms with Crippen LogP contribution in [0.5, 0.6) is 5.75 Å². The van der Waals surface area contributed by atoms with E-state index in [0.717, 1.165) is 6.07 Å².